The van der Waals surface area contributed by atoms with E-state index in [0.29, 0.717) is 0 Å². The summed E-state index contributed by atoms with van der Waals surface area (Å²) in [5.74, 6) is 0. The molecule has 0 aliphatic heterocycles. The maximum atomic E-state index is 9.27. The monoisotopic (exact) mass is 188 g/mol. The highest BCUT2D eigenvalue weighted by molar-refractivity contribution is 4.84. The van der Waals surface area contributed by atoms with E-state index >= 15 is 0 Å². The third-order valence-electron chi connectivity index (χ3n) is 2.31. The van der Waals surface area contributed by atoms with Crippen molar-refractivity contribution in [2.75, 3.05) is 33.3 Å². The van der Waals surface area contributed by atoms with Crippen LogP contribution in [0.15, 0.2) is 0 Å². The van der Waals surface area contributed by atoms with E-state index < -0.39 is 0 Å². The third-order valence-corrected chi connectivity index (χ3v) is 2.31. The Labute approximate surface area is 82.1 Å². The molecule has 1 unspecified atom stereocenters. The standard InChI is InChI=1S/C10H24N2O/c1-5-7-11-10(3,9-13)8-12(4)6-2/h11,13H,5-9H2,1-4H3. The second-order valence-electron chi connectivity index (χ2n) is 3.98. The van der Waals surface area contributed by atoms with Gasteiger partial charge in [0.05, 0.1) is 12.1 Å². The van der Waals surface area contributed by atoms with Gasteiger partial charge in [-0.05, 0) is 33.5 Å². The minimum Gasteiger partial charge on any atom is -0.394 e. The van der Waals surface area contributed by atoms with Crippen molar-refractivity contribution in [1.29, 1.82) is 0 Å². The topological polar surface area (TPSA) is 35.5 Å². The van der Waals surface area contributed by atoms with Gasteiger partial charge in [-0.1, -0.05) is 13.8 Å². The van der Waals surface area contributed by atoms with E-state index in [1.807, 2.05) is 0 Å². The molecule has 0 aromatic carbocycles. The minimum absolute atomic E-state index is 0.152. The van der Waals surface area contributed by atoms with Crippen molar-refractivity contribution in [1.82, 2.24) is 10.2 Å². The summed E-state index contributed by atoms with van der Waals surface area (Å²) in [6, 6.07) is 0. The zero-order chi connectivity index (χ0) is 10.3. The van der Waals surface area contributed by atoms with Crippen LogP contribution in [0.2, 0.25) is 0 Å². The van der Waals surface area contributed by atoms with Gasteiger partial charge in [0.15, 0.2) is 0 Å². The molecule has 0 aliphatic carbocycles. The number of likely N-dealkylation sites (N-methyl/N-ethyl adjacent to an activating group) is 1. The van der Waals surface area contributed by atoms with Gasteiger partial charge in [0.25, 0.3) is 0 Å². The number of nitrogens with one attached hydrogen (secondary N) is 1. The molecule has 3 nitrogen and oxygen atoms in total. The highest BCUT2D eigenvalue weighted by atomic mass is 16.3. The summed E-state index contributed by atoms with van der Waals surface area (Å²) in [7, 11) is 2.07. The maximum Gasteiger partial charge on any atom is 0.0623 e. The Balaban J connectivity index is 3.94. The quantitative estimate of drug-likeness (QED) is 0.617. The molecule has 0 aromatic rings. The lowest BCUT2D eigenvalue weighted by molar-refractivity contribution is 0.135. The molecule has 3 heteroatoms. The van der Waals surface area contributed by atoms with Crippen LogP contribution in [0.25, 0.3) is 0 Å². The zero-order valence-corrected chi connectivity index (χ0v) is 9.43. The summed E-state index contributed by atoms with van der Waals surface area (Å²) in [5.41, 5.74) is -0.152. The second-order valence-corrected chi connectivity index (χ2v) is 3.98. The van der Waals surface area contributed by atoms with E-state index in [4.69, 9.17) is 0 Å². The Bertz CT molecular complexity index is 130. The molecule has 80 valence electrons. The van der Waals surface area contributed by atoms with Crippen molar-refractivity contribution in [3.63, 3.8) is 0 Å². The van der Waals surface area contributed by atoms with Gasteiger partial charge in [0.2, 0.25) is 0 Å². The van der Waals surface area contributed by atoms with Gasteiger partial charge in [-0.2, -0.15) is 0 Å². The summed E-state index contributed by atoms with van der Waals surface area (Å²) in [4.78, 5) is 2.21. The lowest BCUT2D eigenvalue weighted by atomic mass is 10.0. The summed E-state index contributed by atoms with van der Waals surface area (Å²) in [5, 5.41) is 12.6. The van der Waals surface area contributed by atoms with Crippen LogP contribution in [0.3, 0.4) is 0 Å². The Hall–Kier alpha value is -0.120. The normalized spacial score (nSPS) is 16.2. The molecule has 0 rings (SSSR count). The first-order chi connectivity index (χ1) is 6.08. The van der Waals surface area contributed by atoms with Crippen molar-refractivity contribution in [3.8, 4) is 0 Å². The average molecular weight is 188 g/mol. The molecular weight excluding hydrogens is 164 g/mol. The fraction of sp³-hybridized carbons (Fsp3) is 1.00. The fourth-order valence-corrected chi connectivity index (χ4v) is 1.30. The lowest BCUT2D eigenvalue weighted by Crippen LogP contribution is -2.53. The molecule has 0 amide bonds. The Morgan fingerprint density at radius 2 is 2.00 bits per heavy atom. The predicted molar refractivity (Wildman–Crippen MR) is 57.0 cm³/mol. The van der Waals surface area contributed by atoms with E-state index in [-0.39, 0.29) is 12.1 Å². The van der Waals surface area contributed by atoms with E-state index in [1.54, 1.807) is 0 Å². The predicted octanol–water partition coefficient (Wildman–Crippen LogP) is 0.689. The number of hydrogen-bond acceptors (Lipinski definition) is 3. The highest BCUT2D eigenvalue weighted by Crippen LogP contribution is 2.04. The molecule has 0 aromatic heterocycles. The summed E-state index contributed by atoms with van der Waals surface area (Å²) < 4.78 is 0. The first-order valence-electron chi connectivity index (χ1n) is 5.12. The molecule has 13 heavy (non-hydrogen) atoms. The number of aliphatic hydroxyl groups is 1. The van der Waals surface area contributed by atoms with Gasteiger partial charge < -0.3 is 15.3 Å². The fourth-order valence-electron chi connectivity index (χ4n) is 1.30. The van der Waals surface area contributed by atoms with Crippen LogP contribution in [0.1, 0.15) is 27.2 Å². The van der Waals surface area contributed by atoms with Crippen LogP contribution < -0.4 is 5.32 Å². The van der Waals surface area contributed by atoms with Gasteiger partial charge in [-0.25, -0.2) is 0 Å². The first kappa shape index (κ1) is 12.9. The molecule has 0 aliphatic rings. The molecule has 0 radical (unpaired) electrons. The van der Waals surface area contributed by atoms with Crippen LogP contribution >= 0.6 is 0 Å². The molecule has 0 bridgehead atoms. The van der Waals surface area contributed by atoms with E-state index in [1.165, 1.54) is 0 Å². The van der Waals surface area contributed by atoms with Crippen LogP contribution in [0.5, 0.6) is 0 Å². The molecule has 0 heterocycles. The highest BCUT2D eigenvalue weighted by Gasteiger charge is 2.23. The number of nitrogens with zero attached hydrogens (tertiary/aromatic N) is 1. The summed E-state index contributed by atoms with van der Waals surface area (Å²) in [6.45, 7) is 9.39. The van der Waals surface area contributed by atoms with Crippen molar-refractivity contribution >= 4 is 0 Å². The SMILES string of the molecule is CCCNC(C)(CO)CN(C)CC. The van der Waals surface area contributed by atoms with Crippen molar-refractivity contribution in [2.45, 2.75) is 32.7 Å². The third kappa shape index (κ3) is 5.24. The van der Waals surface area contributed by atoms with Crippen LogP contribution in [-0.2, 0) is 0 Å². The van der Waals surface area contributed by atoms with Crippen LogP contribution in [0, 0.1) is 0 Å². The van der Waals surface area contributed by atoms with Gasteiger partial charge in [-0.15, -0.1) is 0 Å². The lowest BCUT2D eigenvalue weighted by Gasteiger charge is -2.32. The largest absolute Gasteiger partial charge is 0.394 e. The number of rotatable bonds is 7. The van der Waals surface area contributed by atoms with Gasteiger partial charge in [0.1, 0.15) is 0 Å². The number of aliphatic hydroxyl groups excluding tert-OH is 1. The smallest absolute Gasteiger partial charge is 0.0623 e. The molecule has 0 spiro atoms. The average Bonchev–Trinajstić information content (AvgIpc) is 2.14. The Morgan fingerprint density at radius 1 is 1.38 bits per heavy atom. The Kier molecular flexibility index (Phi) is 6.29. The van der Waals surface area contributed by atoms with Crippen LogP contribution in [-0.4, -0.2) is 48.8 Å². The van der Waals surface area contributed by atoms with E-state index in [0.717, 1.165) is 26.1 Å². The van der Waals surface area contributed by atoms with Crippen molar-refractivity contribution in [2.24, 2.45) is 0 Å². The molecule has 0 saturated heterocycles. The van der Waals surface area contributed by atoms with Gasteiger partial charge in [-0.3, -0.25) is 0 Å². The Morgan fingerprint density at radius 3 is 2.38 bits per heavy atom. The molecule has 1 atom stereocenters. The molecular formula is C10H24N2O. The van der Waals surface area contributed by atoms with Crippen molar-refractivity contribution in [3.05, 3.63) is 0 Å². The van der Waals surface area contributed by atoms with Gasteiger partial charge in [0, 0.05) is 6.54 Å². The minimum atomic E-state index is -0.152. The summed E-state index contributed by atoms with van der Waals surface area (Å²) >= 11 is 0. The first-order valence-corrected chi connectivity index (χ1v) is 5.12. The van der Waals surface area contributed by atoms with Crippen LogP contribution in [0.4, 0.5) is 0 Å². The zero-order valence-electron chi connectivity index (χ0n) is 9.43. The van der Waals surface area contributed by atoms with E-state index in [9.17, 15) is 5.11 Å². The molecule has 0 fully saturated rings. The maximum absolute atomic E-state index is 9.27. The van der Waals surface area contributed by atoms with Crippen molar-refractivity contribution < 1.29 is 5.11 Å². The molecule has 2 N–H and O–H groups in total. The number of hydrogen-bond donors (Lipinski definition) is 2. The molecule has 0 saturated carbocycles. The van der Waals surface area contributed by atoms with Gasteiger partial charge >= 0.3 is 0 Å². The summed E-state index contributed by atoms with van der Waals surface area (Å²) in [6.07, 6.45) is 1.10. The van der Waals surface area contributed by atoms with E-state index in [2.05, 4.69) is 38.0 Å². The second kappa shape index (κ2) is 6.35.